The average Bonchev–Trinajstić information content (AvgIpc) is 2.73. The number of benzene rings is 1. The number of piperidine rings is 1. The topological polar surface area (TPSA) is 55.3 Å². The van der Waals surface area contributed by atoms with Crippen molar-refractivity contribution < 1.29 is 22.7 Å². The molecule has 0 N–H and O–H groups in total. The van der Waals surface area contributed by atoms with Crippen molar-refractivity contribution in [1.82, 2.24) is 14.9 Å². The molecule has 0 unspecified atom stereocenters. The quantitative estimate of drug-likeness (QED) is 0.498. The number of likely N-dealkylation sites (tertiary alicyclic amines) is 1. The van der Waals surface area contributed by atoms with Crippen LogP contribution in [0.5, 0.6) is 5.75 Å². The van der Waals surface area contributed by atoms with Crippen molar-refractivity contribution in [2.24, 2.45) is 0 Å². The van der Waals surface area contributed by atoms with E-state index < -0.39 is 11.9 Å². The Labute approximate surface area is 171 Å². The van der Waals surface area contributed by atoms with Gasteiger partial charge in [0.2, 0.25) is 5.91 Å². The van der Waals surface area contributed by atoms with Crippen LogP contribution >= 0.6 is 11.8 Å². The van der Waals surface area contributed by atoms with Crippen molar-refractivity contribution >= 4 is 17.7 Å². The molecule has 0 radical (unpaired) electrons. The number of methoxy groups -OCH3 is 1. The zero-order valence-corrected chi connectivity index (χ0v) is 16.9. The number of thioether (sulfide) groups is 1. The van der Waals surface area contributed by atoms with E-state index in [4.69, 9.17) is 4.74 Å². The number of carbonyl (C=O) groups is 1. The van der Waals surface area contributed by atoms with Crippen LogP contribution < -0.4 is 4.74 Å². The lowest BCUT2D eigenvalue weighted by molar-refractivity contribution is -0.141. The molecule has 0 atom stereocenters. The Balaban J connectivity index is 1.73. The van der Waals surface area contributed by atoms with Crippen molar-refractivity contribution in [2.75, 3.05) is 26.0 Å². The minimum atomic E-state index is -4.58. The van der Waals surface area contributed by atoms with Crippen molar-refractivity contribution in [2.45, 2.75) is 37.0 Å². The highest BCUT2D eigenvalue weighted by molar-refractivity contribution is 7.99. The maximum atomic E-state index is 13.3. The van der Waals surface area contributed by atoms with Crippen LogP contribution in [0.2, 0.25) is 0 Å². The molecule has 2 aromatic rings. The number of rotatable bonds is 6. The average molecular weight is 425 g/mol. The highest BCUT2D eigenvalue weighted by Gasteiger charge is 2.34. The van der Waals surface area contributed by atoms with Crippen LogP contribution in [-0.2, 0) is 11.0 Å². The first-order valence-corrected chi connectivity index (χ1v) is 10.4. The van der Waals surface area contributed by atoms with Gasteiger partial charge < -0.3 is 9.64 Å². The molecule has 1 aliphatic heterocycles. The summed E-state index contributed by atoms with van der Waals surface area (Å²) in [5.74, 6) is 0.961. The monoisotopic (exact) mass is 425 g/mol. The second-order valence-corrected chi connectivity index (χ2v) is 7.75. The molecular weight excluding hydrogens is 403 g/mol. The van der Waals surface area contributed by atoms with E-state index in [0.717, 1.165) is 50.2 Å². The standard InChI is InChI=1S/C20H22F3N3O2S/c1-28-15-7-5-14(6-8-15)16-13-17(20(21,22)23)25-19(24-16)29-12-9-18(27)26-10-3-2-4-11-26/h5-8,13H,2-4,9-12H2,1H3. The number of halogens is 3. The normalized spacial score (nSPS) is 14.7. The molecule has 156 valence electrons. The Kier molecular flexibility index (Phi) is 7.00. The van der Waals surface area contributed by atoms with Crippen LogP contribution in [0.15, 0.2) is 35.5 Å². The highest BCUT2D eigenvalue weighted by Crippen LogP contribution is 2.32. The Morgan fingerprint density at radius 1 is 1.14 bits per heavy atom. The Hall–Kier alpha value is -2.29. The minimum absolute atomic E-state index is 0.0112. The maximum absolute atomic E-state index is 13.3. The van der Waals surface area contributed by atoms with Gasteiger partial charge in [-0.2, -0.15) is 13.2 Å². The summed E-state index contributed by atoms with van der Waals surface area (Å²) in [6.45, 7) is 1.51. The summed E-state index contributed by atoms with van der Waals surface area (Å²) in [6, 6.07) is 7.56. The van der Waals surface area contributed by atoms with E-state index in [1.54, 1.807) is 24.3 Å². The van der Waals surface area contributed by atoms with Gasteiger partial charge in [-0.05, 0) is 49.6 Å². The Morgan fingerprint density at radius 3 is 2.45 bits per heavy atom. The summed E-state index contributed by atoms with van der Waals surface area (Å²) < 4.78 is 45.0. The van der Waals surface area contributed by atoms with Crippen molar-refractivity contribution in [1.29, 1.82) is 0 Å². The summed E-state index contributed by atoms with van der Waals surface area (Å²) in [5.41, 5.74) is -0.284. The largest absolute Gasteiger partial charge is 0.497 e. The highest BCUT2D eigenvalue weighted by atomic mass is 32.2. The zero-order chi connectivity index (χ0) is 20.9. The first-order valence-electron chi connectivity index (χ1n) is 9.38. The number of hydrogen-bond acceptors (Lipinski definition) is 5. The van der Waals surface area contributed by atoms with Gasteiger partial charge >= 0.3 is 6.18 Å². The number of hydrogen-bond donors (Lipinski definition) is 0. The lowest BCUT2D eigenvalue weighted by atomic mass is 10.1. The van der Waals surface area contributed by atoms with Crippen LogP contribution in [0.3, 0.4) is 0 Å². The molecule has 0 spiro atoms. The number of alkyl halides is 3. The predicted molar refractivity (Wildman–Crippen MR) is 105 cm³/mol. The molecule has 1 aromatic heterocycles. The van der Waals surface area contributed by atoms with E-state index in [1.165, 1.54) is 7.11 Å². The molecule has 0 aliphatic carbocycles. The number of ether oxygens (including phenoxy) is 1. The van der Waals surface area contributed by atoms with E-state index in [9.17, 15) is 18.0 Å². The fourth-order valence-electron chi connectivity index (χ4n) is 3.08. The predicted octanol–water partition coefficient (Wildman–Crippen LogP) is 4.67. The Morgan fingerprint density at radius 2 is 1.83 bits per heavy atom. The number of amides is 1. The summed E-state index contributed by atoms with van der Waals surface area (Å²) in [4.78, 5) is 22.0. The van der Waals surface area contributed by atoms with Crippen LogP contribution in [0, 0.1) is 0 Å². The molecule has 1 aromatic carbocycles. The lowest BCUT2D eigenvalue weighted by Crippen LogP contribution is -2.35. The molecule has 29 heavy (non-hydrogen) atoms. The van der Waals surface area contributed by atoms with E-state index in [2.05, 4.69) is 9.97 Å². The summed E-state index contributed by atoms with van der Waals surface area (Å²) >= 11 is 1.07. The number of nitrogens with zero attached hydrogens (tertiary/aromatic N) is 3. The van der Waals surface area contributed by atoms with Crippen molar-refractivity contribution in [3.63, 3.8) is 0 Å². The number of aromatic nitrogens is 2. The van der Waals surface area contributed by atoms with Gasteiger partial charge in [0.1, 0.15) is 11.4 Å². The second-order valence-electron chi connectivity index (χ2n) is 6.69. The van der Waals surface area contributed by atoms with Gasteiger partial charge in [-0.1, -0.05) is 11.8 Å². The van der Waals surface area contributed by atoms with Gasteiger partial charge in [-0.15, -0.1) is 0 Å². The van der Waals surface area contributed by atoms with E-state index >= 15 is 0 Å². The molecule has 3 rings (SSSR count). The zero-order valence-electron chi connectivity index (χ0n) is 16.0. The van der Waals surface area contributed by atoms with E-state index in [0.29, 0.717) is 17.1 Å². The van der Waals surface area contributed by atoms with E-state index in [1.807, 2.05) is 4.90 Å². The van der Waals surface area contributed by atoms with E-state index in [-0.39, 0.29) is 23.2 Å². The van der Waals surface area contributed by atoms with Gasteiger partial charge in [0.05, 0.1) is 12.8 Å². The van der Waals surface area contributed by atoms with Crippen molar-refractivity contribution in [3.05, 3.63) is 36.0 Å². The molecule has 5 nitrogen and oxygen atoms in total. The van der Waals surface area contributed by atoms with Gasteiger partial charge in [-0.25, -0.2) is 9.97 Å². The smallest absolute Gasteiger partial charge is 0.433 e. The van der Waals surface area contributed by atoms with Gasteiger partial charge in [0.15, 0.2) is 5.16 Å². The fraction of sp³-hybridized carbons (Fsp3) is 0.450. The molecule has 1 amide bonds. The first kappa shape index (κ1) is 21.4. The third-order valence-electron chi connectivity index (χ3n) is 4.64. The molecule has 2 heterocycles. The summed E-state index contributed by atoms with van der Waals surface area (Å²) in [6.07, 6.45) is -1.20. The van der Waals surface area contributed by atoms with Crippen LogP contribution in [0.25, 0.3) is 11.3 Å². The molecule has 1 saturated heterocycles. The molecule has 9 heteroatoms. The van der Waals surface area contributed by atoms with Crippen LogP contribution in [-0.4, -0.2) is 46.7 Å². The minimum Gasteiger partial charge on any atom is -0.497 e. The van der Waals surface area contributed by atoms with Crippen molar-refractivity contribution in [3.8, 4) is 17.0 Å². The first-order chi connectivity index (χ1) is 13.9. The lowest BCUT2D eigenvalue weighted by Gasteiger charge is -2.26. The third-order valence-corrected chi connectivity index (χ3v) is 5.49. The van der Waals surface area contributed by atoms with Gasteiger partial charge in [0.25, 0.3) is 0 Å². The Bertz CT molecular complexity index is 838. The third kappa shape index (κ3) is 5.85. The van der Waals surface area contributed by atoms with Crippen LogP contribution in [0.4, 0.5) is 13.2 Å². The molecule has 0 saturated carbocycles. The molecule has 1 aliphatic rings. The van der Waals surface area contributed by atoms with Gasteiger partial charge in [-0.3, -0.25) is 4.79 Å². The fourth-order valence-corrected chi connectivity index (χ4v) is 3.86. The SMILES string of the molecule is COc1ccc(-c2cc(C(F)(F)F)nc(SCCC(=O)N3CCCCC3)n2)cc1. The summed E-state index contributed by atoms with van der Waals surface area (Å²) in [5, 5.41) is 0.0112. The number of carbonyl (C=O) groups excluding carboxylic acids is 1. The molecular formula is C20H22F3N3O2S. The molecule has 1 fully saturated rings. The maximum Gasteiger partial charge on any atom is 0.433 e. The summed E-state index contributed by atoms with van der Waals surface area (Å²) in [7, 11) is 1.52. The van der Waals surface area contributed by atoms with Gasteiger partial charge in [0, 0.05) is 30.8 Å². The van der Waals surface area contributed by atoms with Crippen LogP contribution in [0.1, 0.15) is 31.4 Å². The second kappa shape index (κ2) is 9.47. The molecule has 0 bridgehead atoms.